The minimum atomic E-state index is 0. The topological polar surface area (TPSA) is 58.1 Å². The summed E-state index contributed by atoms with van der Waals surface area (Å²) < 4.78 is 10.8. The maximum Gasteiger partial charge on any atom is 0.191 e. The molecule has 2 fully saturated rings. The number of halogens is 1. The summed E-state index contributed by atoms with van der Waals surface area (Å²) in [6, 6.07) is 0.950. The lowest BCUT2D eigenvalue weighted by Crippen LogP contribution is -2.53. The van der Waals surface area contributed by atoms with Gasteiger partial charge in [0.15, 0.2) is 5.96 Å². The molecule has 1 saturated carbocycles. The van der Waals surface area contributed by atoms with Crippen molar-refractivity contribution in [3.8, 4) is 0 Å². The molecule has 2 unspecified atom stereocenters. The van der Waals surface area contributed by atoms with Gasteiger partial charge in [-0.3, -0.25) is 9.89 Å². The molecule has 0 spiro atoms. The van der Waals surface area contributed by atoms with Gasteiger partial charge in [-0.15, -0.1) is 24.0 Å². The Morgan fingerprint density at radius 1 is 1.40 bits per heavy atom. The van der Waals surface area contributed by atoms with Gasteiger partial charge in [0.2, 0.25) is 0 Å². The third-order valence-electron chi connectivity index (χ3n) is 5.66. The van der Waals surface area contributed by atoms with Gasteiger partial charge in [-0.1, -0.05) is 6.42 Å². The summed E-state index contributed by atoms with van der Waals surface area (Å²) in [5.74, 6) is 0.909. The fraction of sp³-hybridized carbons (Fsp3) is 0.944. The summed E-state index contributed by atoms with van der Waals surface area (Å²) in [7, 11) is 3.63. The first kappa shape index (κ1) is 22.9. The average Bonchev–Trinajstić information content (AvgIpc) is 2.56. The maximum absolute atomic E-state index is 5.53. The first-order valence-corrected chi connectivity index (χ1v) is 9.37. The molecule has 0 aromatic heterocycles. The number of guanidine groups is 1. The predicted octanol–water partition coefficient (Wildman–Crippen LogP) is 2.09. The zero-order chi connectivity index (χ0) is 17.4. The van der Waals surface area contributed by atoms with Gasteiger partial charge in [-0.25, -0.2) is 0 Å². The van der Waals surface area contributed by atoms with Crippen LogP contribution in [0.15, 0.2) is 4.99 Å². The number of aliphatic imine (C=N–C) groups is 1. The molecule has 2 rings (SSSR count). The summed E-state index contributed by atoms with van der Waals surface area (Å²) >= 11 is 0. The van der Waals surface area contributed by atoms with Crippen LogP contribution in [0, 0.1) is 5.41 Å². The van der Waals surface area contributed by atoms with Crippen LogP contribution in [0.3, 0.4) is 0 Å². The molecule has 25 heavy (non-hydrogen) atoms. The van der Waals surface area contributed by atoms with Gasteiger partial charge in [0.05, 0.1) is 13.2 Å². The Kier molecular flexibility index (Phi) is 10.6. The summed E-state index contributed by atoms with van der Waals surface area (Å²) in [6.45, 7) is 9.92. The lowest BCUT2D eigenvalue weighted by atomic mass is 9.67. The first-order chi connectivity index (χ1) is 11.6. The maximum atomic E-state index is 5.53. The van der Waals surface area contributed by atoms with E-state index in [1.165, 1.54) is 19.3 Å². The lowest BCUT2D eigenvalue weighted by Gasteiger charge is -2.42. The Hall–Kier alpha value is -0.120. The Morgan fingerprint density at radius 3 is 2.72 bits per heavy atom. The third-order valence-corrected chi connectivity index (χ3v) is 5.66. The highest BCUT2D eigenvalue weighted by molar-refractivity contribution is 14.0. The normalized spacial score (nSPS) is 24.8. The zero-order valence-corrected chi connectivity index (χ0v) is 18.7. The van der Waals surface area contributed by atoms with Crippen molar-refractivity contribution >= 4 is 29.9 Å². The van der Waals surface area contributed by atoms with Crippen molar-refractivity contribution in [1.29, 1.82) is 0 Å². The number of hydrogen-bond acceptors (Lipinski definition) is 4. The highest BCUT2D eigenvalue weighted by atomic mass is 127. The molecule has 2 N–H and O–H groups in total. The van der Waals surface area contributed by atoms with E-state index in [4.69, 9.17) is 9.47 Å². The van der Waals surface area contributed by atoms with Gasteiger partial charge in [0, 0.05) is 52.5 Å². The van der Waals surface area contributed by atoms with Crippen LogP contribution in [0.25, 0.3) is 0 Å². The van der Waals surface area contributed by atoms with E-state index in [1.807, 2.05) is 7.05 Å². The van der Waals surface area contributed by atoms with Crippen LogP contribution in [0.5, 0.6) is 0 Å². The van der Waals surface area contributed by atoms with E-state index < -0.39 is 0 Å². The minimum absolute atomic E-state index is 0. The number of methoxy groups -OCH3 is 1. The zero-order valence-electron chi connectivity index (χ0n) is 16.3. The van der Waals surface area contributed by atoms with E-state index in [9.17, 15) is 0 Å². The van der Waals surface area contributed by atoms with E-state index in [2.05, 4.69) is 34.4 Å². The van der Waals surface area contributed by atoms with Gasteiger partial charge in [0.1, 0.15) is 0 Å². The number of nitrogens with one attached hydrogen (secondary N) is 2. The molecular weight excluding hydrogens is 431 g/mol. The molecule has 6 nitrogen and oxygen atoms in total. The molecule has 7 heteroatoms. The molecule has 148 valence electrons. The van der Waals surface area contributed by atoms with E-state index in [1.54, 1.807) is 7.11 Å². The SMILES string of the molecule is CN=C(NCC(C)N1CCOCC1C)NCC1(CCOC)CCC1.I. The highest BCUT2D eigenvalue weighted by Crippen LogP contribution is 2.43. The van der Waals surface area contributed by atoms with E-state index in [-0.39, 0.29) is 24.0 Å². The molecule has 1 aliphatic carbocycles. The van der Waals surface area contributed by atoms with Crippen LogP contribution < -0.4 is 10.6 Å². The quantitative estimate of drug-likeness (QED) is 0.325. The number of hydrogen-bond donors (Lipinski definition) is 2. The molecule has 0 bridgehead atoms. The van der Waals surface area contributed by atoms with Gasteiger partial charge in [-0.2, -0.15) is 0 Å². The summed E-state index contributed by atoms with van der Waals surface area (Å²) in [4.78, 5) is 6.90. The van der Waals surface area contributed by atoms with Gasteiger partial charge < -0.3 is 20.1 Å². The van der Waals surface area contributed by atoms with E-state index >= 15 is 0 Å². The third kappa shape index (κ3) is 6.84. The molecule has 0 aromatic rings. The number of rotatable bonds is 8. The Bertz CT molecular complexity index is 405. The Morgan fingerprint density at radius 2 is 2.16 bits per heavy atom. The van der Waals surface area contributed by atoms with Crippen LogP contribution >= 0.6 is 24.0 Å². The monoisotopic (exact) mass is 468 g/mol. The fourth-order valence-corrected chi connectivity index (χ4v) is 3.76. The van der Waals surface area contributed by atoms with Crippen molar-refractivity contribution in [2.24, 2.45) is 10.4 Å². The molecule has 2 aliphatic rings. The molecule has 2 atom stereocenters. The van der Waals surface area contributed by atoms with Crippen LogP contribution in [0.2, 0.25) is 0 Å². The Balaban J connectivity index is 0.00000312. The van der Waals surface area contributed by atoms with Gasteiger partial charge >= 0.3 is 0 Å². The molecule has 1 aliphatic heterocycles. The second-order valence-corrected chi connectivity index (χ2v) is 7.41. The van der Waals surface area contributed by atoms with Crippen molar-refractivity contribution in [2.45, 2.75) is 51.6 Å². The number of ether oxygens (including phenoxy) is 2. The second-order valence-electron chi connectivity index (χ2n) is 7.41. The van der Waals surface area contributed by atoms with Crippen LogP contribution in [-0.2, 0) is 9.47 Å². The molecule has 1 saturated heterocycles. The minimum Gasteiger partial charge on any atom is -0.385 e. The number of nitrogens with zero attached hydrogens (tertiary/aromatic N) is 2. The van der Waals surface area contributed by atoms with Crippen LogP contribution in [0.4, 0.5) is 0 Å². The lowest BCUT2D eigenvalue weighted by molar-refractivity contribution is -0.0174. The van der Waals surface area contributed by atoms with Gasteiger partial charge in [-0.05, 0) is 38.5 Å². The predicted molar refractivity (Wildman–Crippen MR) is 114 cm³/mol. The molecule has 1 heterocycles. The largest absolute Gasteiger partial charge is 0.385 e. The van der Waals surface area contributed by atoms with Crippen molar-refractivity contribution in [3.05, 3.63) is 0 Å². The first-order valence-electron chi connectivity index (χ1n) is 9.37. The summed E-state index contributed by atoms with van der Waals surface area (Å²) in [6.07, 6.45) is 5.06. The smallest absolute Gasteiger partial charge is 0.191 e. The van der Waals surface area contributed by atoms with E-state index in [0.717, 1.165) is 51.8 Å². The van der Waals surface area contributed by atoms with E-state index in [0.29, 0.717) is 17.5 Å². The molecule has 0 aromatic carbocycles. The molecule has 0 radical (unpaired) electrons. The van der Waals surface area contributed by atoms with Crippen molar-refractivity contribution in [1.82, 2.24) is 15.5 Å². The summed E-state index contributed by atoms with van der Waals surface area (Å²) in [5.41, 5.74) is 0.401. The standard InChI is InChI=1S/C18H36N4O2.HI/c1-15(22-9-11-24-13-16(22)2)12-20-17(19-3)21-14-18(6-5-7-18)8-10-23-4;/h15-16H,5-14H2,1-4H3,(H2,19,20,21);1H. The molecular formula is C18H37IN4O2. The van der Waals surface area contributed by atoms with Crippen molar-refractivity contribution in [3.63, 3.8) is 0 Å². The highest BCUT2D eigenvalue weighted by Gasteiger charge is 2.36. The second kappa shape index (κ2) is 11.6. The van der Waals surface area contributed by atoms with Crippen LogP contribution in [0.1, 0.15) is 39.5 Å². The number of morpholine rings is 1. The van der Waals surface area contributed by atoms with Gasteiger partial charge in [0.25, 0.3) is 0 Å². The van der Waals surface area contributed by atoms with Crippen molar-refractivity contribution in [2.75, 3.05) is 53.6 Å². The fourth-order valence-electron chi connectivity index (χ4n) is 3.76. The summed E-state index contributed by atoms with van der Waals surface area (Å²) in [5, 5.41) is 7.02. The van der Waals surface area contributed by atoms with Crippen LogP contribution in [-0.4, -0.2) is 76.6 Å². The average molecular weight is 468 g/mol. The molecule has 0 amide bonds. The van der Waals surface area contributed by atoms with Crippen molar-refractivity contribution < 1.29 is 9.47 Å². The Labute approximate surface area is 170 Å².